The Bertz CT molecular complexity index is 496. The highest BCUT2D eigenvalue weighted by Gasteiger charge is 2.26. The van der Waals surface area contributed by atoms with Gasteiger partial charge in [0.05, 0.1) is 6.10 Å². The molecule has 2 rings (SSSR count). The van der Waals surface area contributed by atoms with Crippen molar-refractivity contribution in [2.45, 2.75) is 25.9 Å². The highest BCUT2D eigenvalue weighted by molar-refractivity contribution is 5.79. The second-order valence-corrected chi connectivity index (χ2v) is 5.66. The Morgan fingerprint density at radius 3 is 2.45 bits per heavy atom. The second kappa shape index (κ2) is 7.94. The lowest BCUT2D eigenvalue weighted by Crippen LogP contribution is -2.43. The van der Waals surface area contributed by atoms with Gasteiger partial charge in [-0.15, -0.1) is 0 Å². The maximum Gasteiger partial charge on any atom is 0.223 e. The van der Waals surface area contributed by atoms with Gasteiger partial charge in [0.15, 0.2) is 0 Å². The lowest BCUT2D eigenvalue weighted by molar-refractivity contribution is -0.134. The Morgan fingerprint density at radius 1 is 1.27 bits per heavy atom. The molecule has 0 radical (unpaired) electrons. The van der Waals surface area contributed by atoms with Gasteiger partial charge >= 0.3 is 0 Å². The minimum absolute atomic E-state index is 0.0103. The van der Waals surface area contributed by atoms with E-state index in [-0.39, 0.29) is 23.8 Å². The number of amides is 2. The number of carbonyl (C=O) groups is 2. The third-order valence-corrected chi connectivity index (χ3v) is 4.23. The molecule has 0 bridgehead atoms. The number of piperidine rings is 1. The Labute approximate surface area is 131 Å². The minimum atomic E-state index is -0.137. The van der Waals surface area contributed by atoms with Gasteiger partial charge in [-0.05, 0) is 18.4 Å². The first-order valence-corrected chi connectivity index (χ1v) is 7.72. The molecule has 1 fully saturated rings. The van der Waals surface area contributed by atoms with Crippen LogP contribution in [0.15, 0.2) is 30.3 Å². The summed E-state index contributed by atoms with van der Waals surface area (Å²) in [6.07, 6.45) is 1.32. The van der Waals surface area contributed by atoms with E-state index in [0.29, 0.717) is 19.6 Å². The smallest absolute Gasteiger partial charge is 0.223 e. The van der Waals surface area contributed by atoms with Gasteiger partial charge in [-0.1, -0.05) is 30.3 Å². The highest BCUT2D eigenvalue weighted by atomic mass is 16.5. The molecule has 22 heavy (non-hydrogen) atoms. The predicted octanol–water partition coefficient (Wildman–Crippen LogP) is 1.75. The lowest BCUT2D eigenvalue weighted by Gasteiger charge is -2.30. The van der Waals surface area contributed by atoms with Crippen molar-refractivity contribution in [3.63, 3.8) is 0 Å². The topological polar surface area (TPSA) is 58.6 Å². The van der Waals surface area contributed by atoms with Crippen LogP contribution >= 0.6 is 0 Å². The van der Waals surface area contributed by atoms with E-state index in [1.165, 1.54) is 0 Å². The fraction of sp³-hybridized carbons (Fsp3) is 0.529. The summed E-state index contributed by atoms with van der Waals surface area (Å²) < 4.78 is 5.46. The standard InChI is InChI=1S/C17H24N2O3/c1-13(20)19-10-8-15(9-11-19)17(21)18-12-16(22-2)14-6-4-3-5-7-14/h3-7,15-16H,8-12H2,1-2H3,(H,18,21)/t16-/m1/s1. The zero-order valence-corrected chi connectivity index (χ0v) is 13.2. The molecule has 5 nitrogen and oxygen atoms in total. The number of likely N-dealkylation sites (tertiary alicyclic amines) is 1. The normalized spacial score (nSPS) is 17.1. The van der Waals surface area contributed by atoms with E-state index in [1.807, 2.05) is 30.3 Å². The van der Waals surface area contributed by atoms with Gasteiger partial charge in [-0.2, -0.15) is 0 Å². The van der Waals surface area contributed by atoms with Gasteiger partial charge in [0, 0.05) is 39.6 Å². The van der Waals surface area contributed by atoms with E-state index >= 15 is 0 Å². The Hall–Kier alpha value is -1.88. The molecule has 120 valence electrons. The Morgan fingerprint density at radius 2 is 1.91 bits per heavy atom. The summed E-state index contributed by atoms with van der Waals surface area (Å²) >= 11 is 0. The molecular formula is C17H24N2O3. The summed E-state index contributed by atoms with van der Waals surface area (Å²) in [6.45, 7) is 3.37. The molecule has 5 heteroatoms. The van der Waals surface area contributed by atoms with Gasteiger partial charge in [-0.3, -0.25) is 9.59 Å². The molecule has 0 unspecified atom stereocenters. The van der Waals surface area contributed by atoms with E-state index < -0.39 is 0 Å². The number of rotatable bonds is 5. The summed E-state index contributed by atoms with van der Waals surface area (Å²) in [4.78, 5) is 25.3. The molecule has 0 aliphatic carbocycles. The predicted molar refractivity (Wildman–Crippen MR) is 84.2 cm³/mol. The van der Waals surface area contributed by atoms with Crippen molar-refractivity contribution in [1.82, 2.24) is 10.2 Å². The van der Waals surface area contributed by atoms with Crippen LogP contribution in [0.25, 0.3) is 0 Å². The number of methoxy groups -OCH3 is 1. The maximum absolute atomic E-state index is 12.3. The monoisotopic (exact) mass is 304 g/mol. The zero-order chi connectivity index (χ0) is 15.9. The number of nitrogens with zero attached hydrogens (tertiary/aromatic N) is 1. The molecule has 1 heterocycles. The molecule has 1 aromatic carbocycles. The fourth-order valence-corrected chi connectivity index (χ4v) is 2.80. The average Bonchev–Trinajstić information content (AvgIpc) is 2.56. The molecule has 1 aliphatic rings. The fourth-order valence-electron chi connectivity index (χ4n) is 2.80. The molecule has 2 amide bonds. The van der Waals surface area contributed by atoms with Crippen molar-refractivity contribution in [3.8, 4) is 0 Å². The first kappa shape index (κ1) is 16.5. The SMILES string of the molecule is CO[C@H](CNC(=O)C1CCN(C(C)=O)CC1)c1ccccc1. The van der Waals surface area contributed by atoms with Crippen LogP contribution in [0.4, 0.5) is 0 Å². The second-order valence-electron chi connectivity index (χ2n) is 5.66. The number of hydrogen-bond donors (Lipinski definition) is 1. The molecule has 1 aliphatic heterocycles. The van der Waals surface area contributed by atoms with Crippen LogP contribution in [0.3, 0.4) is 0 Å². The maximum atomic E-state index is 12.3. The quantitative estimate of drug-likeness (QED) is 0.901. The van der Waals surface area contributed by atoms with Crippen molar-refractivity contribution in [3.05, 3.63) is 35.9 Å². The van der Waals surface area contributed by atoms with E-state index in [0.717, 1.165) is 18.4 Å². The van der Waals surface area contributed by atoms with Crippen LogP contribution in [0.2, 0.25) is 0 Å². The lowest BCUT2D eigenvalue weighted by atomic mass is 9.95. The summed E-state index contributed by atoms with van der Waals surface area (Å²) in [7, 11) is 1.65. The van der Waals surface area contributed by atoms with E-state index in [4.69, 9.17) is 4.74 Å². The first-order chi connectivity index (χ1) is 10.6. The molecular weight excluding hydrogens is 280 g/mol. The molecule has 0 aromatic heterocycles. The van der Waals surface area contributed by atoms with Gasteiger partial charge in [0.2, 0.25) is 11.8 Å². The van der Waals surface area contributed by atoms with Gasteiger partial charge < -0.3 is 15.0 Å². The van der Waals surface area contributed by atoms with Crippen molar-refractivity contribution >= 4 is 11.8 Å². The van der Waals surface area contributed by atoms with Crippen LogP contribution < -0.4 is 5.32 Å². The summed E-state index contributed by atoms with van der Waals surface area (Å²) in [6, 6.07) is 9.86. The first-order valence-electron chi connectivity index (χ1n) is 7.72. The highest BCUT2D eigenvalue weighted by Crippen LogP contribution is 2.19. The van der Waals surface area contributed by atoms with Crippen LogP contribution in [0, 0.1) is 5.92 Å². The van der Waals surface area contributed by atoms with Crippen molar-refractivity contribution in [1.29, 1.82) is 0 Å². The number of benzene rings is 1. The van der Waals surface area contributed by atoms with Crippen molar-refractivity contribution in [2.24, 2.45) is 5.92 Å². The Kier molecular flexibility index (Phi) is 5.95. The molecule has 1 atom stereocenters. The third-order valence-electron chi connectivity index (χ3n) is 4.23. The van der Waals surface area contributed by atoms with Crippen molar-refractivity contribution in [2.75, 3.05) is 26.7 Å². The minimum Gasteiger partial charge on any atom is -0.375 e. The summed E-state index contributed by atoms with van der Waals surface area (Å²) in [5.41, 5.74) is 1.05. The summed E-state index contributed by atoms with van der Waals surface area (Å²) in [5, 5.41) is 2.98. The largest absolute Gasteiger partial charge is 0.375 e. The molecule has 0 saturated carbocycles. The van der Waals surface area contributed by atoms with E-state index in [1.54, 1.807) is 18.9 Å². The molecule has 1 saturated heterocycles. The van der Waals surface area contributed by atoms with Crippen LogP contribution in [0.5, 0.6) is 0 Å². The van der Waals surface area contributed by atoms with Crippen LogP contribution in [-0.4, -0.2) is 43.5 Å². The van der Waals surface area contributed by atoms with Crippen LogP contribution in [-0.2, 0) is 14.3 Å². The van der Waals surface area contributed by atoms with Crippen molar-refractivity contribution < 1.29 is 14.3 Å². The van der Waals surface area contributed by atoms with Crippen LogP contribution in [0.1, 0.15) is 31.4 Å². The zero-order valence-electron chi connectivity index (χ0n) is 13.2. The molecule has 0 spiro atoms. The van der Waals surface area contributed by atoms with Gasteiger partial charge in [-0.25, -0.2) is 0 Å². The average molecular weight is 304 g/mol. The van der Waals surface area contributed by atoms with E-state index in [9.17, 15) is 9.59 Å². The van der Waals surface area contributed by atoms with E-state index in [2.05, 4.69) is 5.32 Å². The summed E-state index contributed by atoms with van der Waals surface area (Å²) in [5.74, 6) is 0.132. The Balaban J connectivity index is 1.81. The molecule has 1 N–H and O–H groups in total. The van der Waals surface area contributed by atoms with Gasteiger partial charge in [0.1, 0.15) is 0 Å². The third kappa shape index (κ3) is 4.31. The number of hydrogen-bond acceptors (Lipinski definition) is 3. The number of carbonyl (C=O) groups excluding carboxylic acids is 2. The molecule has 1 aromatic rings. The van der Waals surface area contributed by atoms with Gasteiger partial charge in [0.25, 0.3) is 0 Å². The number of nitrogens with one attached hydrogen (secondary N) is 1. The number of ether oxygens (including phenoxy) is 1.